The molecule has 0 bridgehead atoms. The topological polar surface area (TPSA) is 98.6 Å². The van der Waals surface area contributed by atoms with E-state index >= 15 is 0 Å². The first-order valence-corrected chi connectivity index (χ1v) is 11.9. The normalized spacial score (nSPS) is 19.6. The summed E-state index contributed by atoms with van der Waals surface area (Å²) in [4.78, 5) is 33.4. The lowest BCUT2D eigenvalue weighted by Gasteiger charge is -2.41. The van der Waals surface area contributed by atoms with Crippen molar-refractivity contribution in [2.45, 2.75) is 44.6 Å². The SMILES string of the molecule is COCCC(=O)N1CCN(c2nc(C3CC3)c(-c3ccc4c(c3)NC(=O)C4)cc2C#N)CC1C. The van der Waals surface area contributed by atoms with Crippen molar-refractivity contribution < 1.29 is 14.3 Å². The Hall–Kier alpha value is -3.44. The minimum Gasteiger partial charge on any atom is -0.384 e. The molecule has 2 fully saturated rings. The average Bonchev–Trinajstić information content (AvgIpc) is 3.61. The van der Waals surface area contributed by atoms with Crippen LogP contribution in [0.25, 0.3) is 11.1 Å². The number of nitriles is 1. The van der Waals surface area contributed by atoms with E-state index < -0.39 is 0 Å². The highest BCUT2D eigenvalue weighted by molar-refractivity contribution is 6.00. The molecule has 1 aliphatic carbocycles. The van der Waals surface area contributed by atoms with Gasteiger partial charge in [0.1, 0.15) is 11.9 Å². The molecule has 1 saturated carbocycles. The largest absolute Gasteiger partial charge is 0.384 e. The van der Waals surface area contributed by atoms with Gasteiger partial charge < -0.3 is 19.9 Å². The molecule has 2 aromatic rings. The summed E-state index contributed by atoms with van der Waals surface area (Å²) >= 11 is 0. The van der Waals surface area contributed by atoms with E-state index in [4.69, 9.17) is 9.72 Å². The summed E-state index contributed by atoms with van der Waals surface area (Å²) in [6, 6.07) is 10.3. The van der Waals surface area contributed by atoms with Crippen LogP contribution < -0.4 is 10.2 Å². The highest BCUT2D eigenvalue weighted by Crippen LogP contribution is 2.45. The minimum absolute atomic E-state index is 0.00900. The molecule has 0 spiro atoms. The van der Waals surface area contributed by atoms with Gasteiger partial charge in [-0.05, 0) is 43.0 Å². The number of aromatic nitrogens is 1. The van der Waals surface area contributed by atoms with Gasteiger partial charge in [0, 0.05) is 50.0 Å². The standard InChI is InChI=1S/C26H29N5O3/c1-16-15-30(8-9-31(16)24(33)7-10-34-2)26-20(14-27)11-21(25(29-26)17-3-4-17)18-5-6-19-13-23(32)28-22(19)12-18/h5-6,11-12,16-17H,3-4,7-10,13,15H2,1-2H3,(H,28,32). The number of carbonyl (C=O) groups is 2. The van der Waals surface area contributed by atoms with Crippen LogP contribution in [0, 0.1) is 11.3 Å². The number of hydrogen-bond acceptors (Lipinski definition) is 6. The third-order valence-electron chi connectivity index (χ3n) is 6.93. The molecule has 1 N–H and O–H groups in total. The molecule has 1 aromatic heterocycles. The van der Waals surface area contributed by atoms with Crippen molar-refractivity contribution in [2.75, 3.05) is 43.6 Å². The Morgan fingerprint density at radius 2 is 2.12 bits per heavy atom. The van der Waals surface area contributed by atoms with Crippen LogP contribution in [0.5, 0.6) is 0 Å². The lowest BCUT2D eigenvalue weighted by atomic mass is 9.97. The van der Waals surface area contributed by atoms with Gasteiger partial charge in [0.2, 0.25) is 11.8 Å². The second kappa shape index (κ2) is 9.07. The van der Waals surface area contributed by atoms with Gasteiger partial charge in [-0.25, -0.2) is 4.98 Å². The summed E-state index contributed by atoms with van der Waals surface area (Å²) in [5.41, 5.74) is 5.34. The molecular weight excluding hydrogens is 430 g/mol. The molecule has 1 atom stereocenters. The van der Waals surface area contributed by atoms with E-state index in [0.717, 1.165) is 40.9 Å². The van der Waals surface area contributed by atoms with Crippen LogP contribution in [-0.2, 0) is 20.7 Å². The second-order valence-electron chi connectivity index (χ2n) is 9.40. The molecule has 3 aliphatic rings. The van der Waals surface area contributed by atoms with E-state index in [1.807, 2.05) is 36.1 Å². The second-order valence-corrected chi connectivity index (χ2v) is 9.40. The predicted octanol–water partition coefficient (Wildman–Crippen LogP) is 3.07. The number of benzene rings is 1. The van der Waals surface area contributed by atoms with Crippen molar-refractivity contribution in [3.63, 3.8) is 0 Å². The first-order chi connectivity index (χ1) is 16.5. The van der Waals surface area contributed by atoms with Crippen molar-refractivity contribution in [3.8, 4) is 17.2 Å². The van der Waals surface area contributed by atoms with Gasteiger partial charge >= 0.3 is 0 Å². The number of nitrogens with one attached hydrogen (secondary N) is 1. The summed E-state index contributed by atoms with van der Waals surface area (Å²) in [5.74, 6) is 1.20. The number of fused-ring (bicyclic) bond motifs is 1. The molecule has 1 aromatic carbocycles. The summed E-state index contributed by atoms with van der Waals surface area (Å²) in [6.07, 6.45) is 2.96. The number of carbonyl (C=O) groups excluding carboxylic acids is 2. The van der Waals surface area contributed by atoms with Crippen LogP contribution in [-0.4, -0.2) is 61.1 Å². The van der Waals surface area contributed by atoms with Gasteiger partial charge in [0.15, 0.2) is 0 Å². The number of hydrogen-bond donors (Lipinski definition) is 1. The molecule has 2 aliphatic heterocycles. The van der Waals surface area contributed by atoms with E-state index in [-0.39, 0.29) is 17.9 Å². The van der Waals surface area contributed by atoms with E-state index in [9.17, 15) is 14.9 Å². The third-order valence-corrected chi connectivity index (χ3v) is 6.93. The van der Waals surface area contributed by atoms with Crippen LogP contribution in [0.4, 0.5) is 11.5 Å². The number of pyridine rings is 1. The maximum Gasteiger partial charge on any atom is 0.228 e. The number of anilines is 2. The van der Waals surface area contributed by atoms with Crippen molar-refractivity contribution in [2.24, 2.45) is 0 Å². The maximum atomic E-state index is 12.5. The predicted molar refractivity (Wildman–Crippen MR) is 129 cm³/mol. The molecule has 1 saturated heterocycles. The Morgan fingerprint density at radius 3 is 2.82 bits per heavy atom. The Labute approximate surface area is 199 Å². The smallest absolute Gasteiger partial charge is 0.228 e. The van der Waals surface area contributed by atoms with E-state index in [1.165, 1.54) is 0 Å². The summed E-state index contributed by atoms with van der Waals surface area (Å²) in [7, 11) is 1.60. The molecule has 3 heterocycles. The molecule has 5 rings (SSSR count). The molecule has 0 radical (unpaired) electrons. The number of amides is 2. The lowest BCUT2D eigenvalue weighted by molar-refractivity contribution is -0.134. The van der Waals surface area contributed by atoms with Crippen LogP contribution in [0.1, 0.15) is 48.9 Å². The van der Waals surface area contributed by atoms with Crippen LogP contribution in [0.3, 0.4) is 0 Å². The molecule has 8 nitrogen and oxygen atoms in total. The van der Waals surface area contributed by atoms with E-state index in [2.05, 4.69) is 16.3 Å². The van der Waals surface area contributed by atoms with Gasteiger partial charge in [-0.1, -0.05) is 12.1 Å². The van der Waals surface area contributed by atoms with Crippen LogP contribution in [0.15, 0.2) is 24.3 Å². The van der Waals surface area contributed by atoms with Gasteiger partial charge in [-0.15, -0.1) is 0 Å². The minimum atomic E-state index is 0.00900. The number of ether oxygens (including phenoxy) is 1. The van der Waals surface area contributed by atoms with Gasteiger partial charge in [-0.2, -0.15) is 5.26 Å². The van der Waals surface area contributed by atoms with Crippen molar-refractivity contribution >= 4 is 23.3 Å². The fourth-order valence-corrected chi connectivity index (χ4v) is 4.98. The van der Waals surface area contributed by atoms with Gasteiger partial charge in [0.05, 0.1) is 30.7 Å². The third kappa shape index (κ3) is 4.24. The molecule has 2 amide bonds. The highest BCUT2D eigenvalue weighted by Gasteiger charge is 2.33. The number of piperazine rings is 1. The number of rotatable bonds is 6. The van der Waals surface area contributed by atoms with E-state index in [0.29, 0.717) is 56.4 Å². The zero-order valence-corrected chi connectivity index (χ0v) is 19.6. The van der Waals surface area contributed by atoms with Crippen LogP contribution in [0.2, 0.25) is 0 Å². The summed E-state index contributed by atoms with van der Waals surface area (Å²) in [5, 5.41) is 12.9. The fourth-order valence-electron chi connectivity index (χ4n) is 4.98. The Morgan fingerprint density at radius 1 is 1.29 bits per heavy atom. The zero-order chi connectivity index (χ0) is 23.8. The zero-order valence-electron chi connectivity index (χ0n) is 19.6. The molecular formula is C26H29N5O3. The Bertz CT molecular complexity index is 1180. The van der Waals surface area contributed by atoms with Crippen molar-refractivity contribution in [1.82, 2.24) is 9.88 Å². The van der Waals surface area contributed by atoms with E-state index in [1.54, 1.807) is 7.11 Å². The molecule has 176 valence electrons. The Balaban J connectivity index is 1.45. The summed E-state index contributed by atoms with van der Waals surface area (Å²) < 4.78 is 5.05. The monoisotopic (exact) mass is 459 g/mol. The highest BCUT2D eigenvalue weighted by atomic mass is 16.5. The Kier molecular flexibility index (Phi) is 5.96. The van der Waals surface area contributed by atoms with Crippen molar-refractivity contribution in [1.29, 1.82) is 5.26 Å². The van der Waals surface area contributed by atoms with Gasteiger partial charge in [0.25, 0.3) is 0 Å². The first kappa shape index (κ1) is 22.4. The van der Waals surface area contributed by atoms with Gasteiger partial charge in [-0.3, -0.25) is 9.59 Å². The average molecular weight is 460 g/mol. The first-order valence-electron chi connectivity index (χ1n) is 11.9. The fraction of sp³-hybridized carbons (Fsp3) is 0.462. The van der Waals surface area contributed by atoms with Crippen molar-refractivity contribution in [3.05, 3.63) is 41.1 Å². The molecule has 34 heavy (non-hydrogen) atoms. The summed E-state index contributed by atoms with van der Waals surface area (Å²) in [6.45, 7) is 4.33. The molecule has 1 unspecified atom stereocenters. The maximum absolute atomic E-state index is 12.5. The number of nitrogens with zero attached hydrogens (tertiary/aromatic N) is 4. The number of methoxy groups -OCH3 is 1. The van der Waals surface area contributed by atoms with Crippen LogP contribution >= 0.6 is 0 Å². The molecule has 8 heteroatoms. The lowest BCUT2D eigenvalue weighted by Crippen LogP contribution is -2.54. The quantitative estimate of drug-likeness (QED) is 0.713.